The fraction of sp³-hybridized carbons (Fsp3) is 0.0545. The molecule has 2 aromatic heterocycles. The summed E-state index contributed by atoms with van der Waals surface area (Å²) in [4.78, 5) is 2.42. The first-order valence-corrected chi connectivity index (χ1v) is 20.1. The normalized spacial score (nSPS) is 13.1. The number of furan rings is 1. The van der Waals surface area contributed by atoms with E-state index in [4.69, 9.17) is 4.42 Å². The third-order valence-corrected chi connectivity index (χ3v) is 12.6. The van der Waals surface area contributed by atoms with Crippen molar-refractivity contribution < 1.29 is 4.42 Å². The van der Waals surface area contributed by atoms with Crippen molar-refractivity contribution in [3.63, 3.8) is 0 Å². The second kappa shape index (κ2) is 12.3. The minimum absolute atomic E-state index is 0.135. The summed E-state index contributed by atoms with van der Waals surface area (Å²) in [6.07, 6.45) is 0. The molecule has 1 aliphatic carbocycles. The summed E-state index contributed by atoms with van der Waals surface area (Å²) in [5.74, 6) is 0. The third-order valence-electron chi connectivity index (χ3n) is 12.6. The molecule has 0 amide bonds. The van der Waals surface area contributed by atoms with Crippen LogP contribution in [0, 0.1) is 0 Å². The summed E-state index contributed by atoms with van der Waals surface area (Å²) in [5.41, 5.74) is 16.0. The zero-order chi connectivity index (χ0) is 38.5. The molecule has 0 radical (unpaired) electrons. The van der Waals surface area contributed by atoms with Crippen molar-refractivity contribution in [3.05, 3.63) is 205 Å². The van der Waals surface area contributed by atoms with Crippen LogP contribution in [-0.4, -0.2) is 4.57 Å². The van der Waals surface area contributed by atoms with Gasteiger partial charge in [-0.25, -0.2) is 0 Å². The van der Waals surface area contributed by atoms with Gasteiger partial charge in [0.1, 0.15) is 5.58 Å². The van der Waals surface area contributed by atoms with E-state index < -0.39 is 0 Å². The van der Waals surface area contributed by atoms with Crippen LogP contribution >= 0.6 is 0 Å². The van der Waals surface area contributed by atoms with Gasteiger partial charge in [-0.3, -0.25) is 0 Å². The lowest BCUT2D eigenvalue weighted by molar-refractivity contribution is 0.660. The molecule has 0 atom stereocenters. The smallest absolute Gasteiger partial charge is 0.159 e. The van der Waals surface area contributed by atoms with Crippen molar-refractivity contribution in [1.29, 1.82) is 0 Å². The Morgan fingerprint density at radius 3 is 1.98 bits per heavy atom. The van der Waals surface area contributed by atoms with Gasteiger partial charge in [-0.1, -0.05) is 147 Å². The molecule has 274 valence electrons. The summed E-state index contributed by atoms with van der Waals surface area (Å²) in [6, 6.07) is 70.5. The molecule has 12 rings (SSSR count). The van der Waals surface area contributed by atoms with Gasteiger partial charge in [-0.05, 0) is 93.9 Å². The molecule has 0 saturated heterocycles. The monoisotopic (exact) mass is 742 g/mol. The molecule has 58 heavy (non-hydrogen) atoms. The van der Waals surface area contributed by atoms with Gasteiger partial charge in [0.25, 0.3) is 0 Å². The Balaban J connectivity index is 1.06. The van der Waals surface area contributed by atoms with Crippen molar-refractivity contribution in [1.82, 2.24) is 4.57 Å². The van der Waals surface area contributed by atoms with Gasteiger partial charge in [0.05, 0.1) is 22.4 Å². The molecule has 0 bridgehead atoms. The fourth-order valence-electron chi connectivity index (χ4n) is 9.83. The van der Waals surface area contributed by atoms with Gasteiger partial charge in [0, 0.05) is 49.3 Å². The number of anilines is 3. The van der Waals surface area contributed by atoms with Crippen LogP contribution in [0.15, 0.2) is 199 Å². The molecule has 0 aliphatic heterocycles. The summed E-state index contributed by atoms with van der Waals surface area (Å²) in [5, 5.41) is 7.02. The number of nitrogens with zero attached hydrogens (tertiary/aromatic N) is 2. The lowest BCUT2D eigenvalue weighted by atomic mass is 9.82. The number of benzene rings is 9. The van der Waals surface area contributed by atoms with E-state index in [1.165, 1.54) is 60.6 Å². The van der Waals surface area contributed by atoms with E-state index in [0.717, 1.165) is 50.1 Å². The molecule has 0 spiro atoms. The molecule has 0 unspecified atom stereocenters. The Morgan fingerprint density at radius 1 is 0.448 bits per heavy atom. The third kappa shape index (κ3) is 4.68. The molecule has 3 nitrogen and oxygen atoms in total. The van der Waals surface area contributed by atoms with E-state index in [9.17, 15) is 0 Å². The second-order valence-corrected chi connectivity index (χ2v) is 16.1. The number of rotatable bonds is 5. The predicted octanol–water partition coefficient (Wildman–Crippen LogP) is 15.3. The van der Waals surface area contributed by atoms with Gasteiger partial charge in [0.2, 0.25) is 0 Å². The van der Waals surface area contributed by atoms with E-state index in [1.807, 2.05) is 0 Å². The number of para-hydroxylation sites is 3. The summed E-state index contributed by atoms with van der Waals surface area (Å²) < 4.78 is 9.38. The van der Waals surface area contributed by atoms with E-state index in [2.05, 4.69) is 217 Å². The van der Waals surface area contributed by atoms with E-state index in [1.54, 1.807) is 0 Å². The largest absolute Gasteiger partial charge is 0.453 e. The second-order valence-electron chi connectivity index (χ2n) is 16.1. The number of hydrogen-bond acceptors (Lipinski definition) is 2. The maximum Gasteiger partial charge on any atom is 0.159 e. The van der Waals surface area contributed by atoms with Crippen molar-refractivity contribution in [2.45, 2.75) is 19.3 Å². The number of aromatic nitrogens is 1. The van der Waals surface area contributed by atoms with Crippen LogP contribution in [0.2, 0.25) is 0 Å². The van der Waals surface area contributed by atoms with Crippen molar-refractivity contribution in [2.75, 3.05) is 4.90 Å². The Morgan fingerprint density at radius 2 is 1.10 bits per heavy atom. The molecule has 0 fully saturated rings. The van der Waals surface area contributed by atoms with Crippen molar-refractivity contribution in [3.8, 4) is 27.9 Å². The molecule has 2 heterocycles. The van der Waals surface area contributed by atoms with Crippen LogP contribution in [0.25, 0.3) is 82.5 Å². The van der Waals surface area contributed by atoms with Crippen LogP contribution in [0.1, 0.15) is 25.0 Å². The molecule has 9 aromatic carbocycles. The molecule has 0 N–H and O–H groups in total. The van der Waals surface area contributed by atoms with Gasteiger partial charge < -0.3 is 13.9 Å². The zero-order valence-corrected chi connectivity index (χ0v) is 32.3. The Hall–Kier alpha value is -7.36. The van der Waals surface area contributed by atoms with E-state index in [-0.39, 0.29) is 5.41 Å². The fourth-order valence-corrected chi connectivity index (χ4v) is 9.83. The molecule has 1 aliphatic rings. The van der Waals surface area contributed by atoms with E-state index >= 15 is 0 Å². The minimum Gasteiger partial charge on any atom is -0.453 e. The maximum absolute atomic E-state index is 7.01. The van der Waals surface area contributed by atoms with Crippen molar-refractivity contribution in [2.24, 2.45) is 0 Å². The first-order chi connectivity index (χ1) is 28.5. The van der Waals surface area contributed by atoms with E-state index in [0.29, 0.717) is 0 Å². The standard InChI is InChI=1S/C55H38N2O/c1-55(2)46-21-10-8-19-44(46)52-47(55)22-13-24-50(52)57(51-25-12-20-42-43-32-28-36-14-6-7-17-40(36)53(43)58-54(42)51)39-30-26-35(27-31-39)37-29-33-49-45(34-37)41-18-9-11-23-48(41)56(49)38-15-4-3-5-16-38/h3-34H,1-2H3. The predicted molar refractivity (Wildman–Crippen MR) is 243 cm³/mol. The molecule has 11 aromatic rings. The highest BCUT2D eigenvalue weighted by molar-refractivity contribution is 6.18. The van der Waals surface area contributed by atoms with Gasteiger partial charge in [-0.15, -0.1) is 0 Å². The molecule has 3 heteroatoms. The lowest BCUT2D eigenvalue weighted by Gasteiger charge is -2.29. The Kier molecular flexibility index (Phi) is 6.98. The first-order valence-electron chi connectivity index (χ1n) is 20.1. The van der Waals surface area contributed by atoms with Crippen LogP contribution in [-0.2, 0) is 5.41 Å². The van der Waals surface area contributed by atoms with Crippen LogP contribution in [0.3, 0.4) is 0 Å². The maximum atomic E-state index is 7.01. The van der Waals surface area contributed by atoms with Gasteiger partial charge >= 0.3 is 0 Å². The highest BCUT2D eigenvalue weighted by Gasteiger charge is 2.38. The summed E-state index contributed by atoms with van der Waals surface area (Å²) in [6.45, 7) is 4.69. The molecule has 0 saturated carbocycles. The summed E-state index contributed by atoms with van der Waals surface area (Å²) >= 11 is 0. The van der Waals surface area contributed by atoms with Gasteiger partial charge in [0.15, 0.2) is 5.58 Å². The van der Waals surface area contributed by atoms with Crippen LogP contribution in [0.5, 0.6) is 0 Å². The quantitative estimate of drug-likeness (QED) is 0.175. The highest BCUT2D eigenvalue weighted by atomic mass is 16.3. The average Bonchev–Trinajstić information content (AvgIpc) is 3.91. The first kappa shape index (κ1) is 32.8. The minimum atomic E-state index is -0.135. The zero-order valence-electron chi connectivity index (χ0n) is 32.3. The number of hydrogen-bond donors (Lipinski definition) is 0. The average molecular weight is 743 g/mol. The SMILES string of the molecule is CC1(C)c2ccccc2-c2c(N(c3ccc(-c4ccc5c(c4)c4ccccc4n5-c4ccccc4)cc3)c3cccc4c3oc3c5ccccc5ccc43)cccc21. The van der Waals surface area contributed by atoms with Crippen LogP contribution < -0.4 is 4.90 Å². The topological polar surface area (TPSA) is 21.3 Å². The Labute approximate surface area is 336 Å². The molecular weight excluding hydrogens is 705 g/mol. The van der Waals surface area contributed by atoms with Crippen molar-refractivity contribution >= 4 is 71.6 Å². The molecular formula is C55H38N2O. The van der Waals surface area contributed by atoms with Crippen LogP contribution in [0.4, 0.5) is 17.1 Å². The highest BCUT2D eigenvalue weighted by Crippen LogP contribution is 2.55. The van der Waals surface area contributed by atoms with Gasteiger partial charge in [-0.2, -0.15) is 0 Å². The Bertz CT molecular complexity index is 3420. The summed E-state index contributed by atoms with van der Waals surface area (Å²) in [7, 11) is 0. The number of fused-ring (bicyclic) bond motifs is 11. The lowest BCUT2D eigenvalue weighted by Crippen LogP contribution is -2.16.